The van der Waals surface area contributed by atoms with Crippen molar-refractivity contribution in [3.63, 3.8) is 0 Å². The summed E-state index contributed by atoms with van der Waals surface area (Å²) in [7, 11) is 0. The number of benzene rings is 8. The van der Waals surface area contributed by atoms with E-state index in [1.165, 1.54) is 32.7 Å². The summed E-state index contributed by atoms with van der Waals surface area (Å²) in [6, 6.07) is 53.8. The molecular formula is C47H31N3O. The van der Waals surface area contributed by atoms with Gasteiger partial charge in [-0.1, -0.05) is 141 Å². The minimum Gasteiger partial charge on any atom is -0.454 e. The second kappa shape index (κ2) is 10.3. The van der Waals surface area contributed by atoms with Crippen molar-refractivity contribution < 1.29 is 4.74 Å². The van der Waals surface area contributed by atoms with Crippen LogP contribution in [0.2, 0.25) is 0 Å². The Labute approximate surface area is 294 Å². The fraction of sp³-hybridized carbons (Fsp3) is 0.0638. The Morgan fingerprint density at radius 1 is 0.549 bits per heavy atom. The molecule has 0 fully saturated rings. The van der Waals surface area contributed by atoms with E-state index in [0.717, 1.165) is 66.2 Å². The van der Waals surface area contributed by atoms with Crippen molar-refractivity contribution in [1.82, 2.24) is 14.5 Å². The van der Waals surface area contributed by atoms with Gasteiger partial charge in [-0.15, -0.1) is 0 Å². The van der Waals surface area contributed by atoms with Crippen LogP contribution in [-0.2, 0) is 5.41 Å². The maximum absolute atomic E-state index is 7.06. The first-order valence-corrected chi connectivity index (χ1v) is 17.5. The molecular weight excluding hydrogens is 623 g/mol. The molecule has 1 aliphatic rings. The molecule has 0 radical (unpaired) electrons. The number of fused-ring (bicyclic) bond motifs is 13. The van der Waals surface area contributed by atoms with E-state index in [1.54, 1.807) is 0 Å². The zero-order valence-corrected chi connectivity index (χ0v) is 28.2. The van der Waals surface area contributed by atoms with E-state index < -0.39 is 0 Å². The number of aromatic nitrogens is 3. The van der Waals surface area contributed by atoms with Gasteiger partial charge >= 0.3 is 0 Å². The number of ether oxygens (including phenoxy) is 1. The smallest absolute Gasteiger partial charge is 0.235 e. The van der Waals surface area contributed by atoms with Gasteiger partial charge in [0.25, 0.3) is 0 Å². The standard InChI is InChI=1S/C47H31N3O/c1-47(2)36-20-10-12-22-39(36)51-45-42(47)34-18-8-7-17-33(34)40-35-19-9-11-21-38(35)50(44(40)45)46-48-37-26-25-29-14-5-6-16-32(29)41(37)43(49-46)31-24-23-28-13-3-4-15-30(28)27-31/h3-27H,1-2H3. The highest BCUT2D eigenvalue weighted by Crippen LogP contribution is 2.55. The molecule has 3 heterocycles. The molecule has 8 aromatic carbocycles. The number of rotatable bonds is 2. The largest absolute Gasteiger partial charge is 0.454 e. The topological polar surface area (TPSA) is 39.9 Å². The molecule has 0 unspecified atom stereocenters. The lowest BCUT2D eigenvalue weighted by molar-refractivity contribution is 0.424. The highest BCUT2D eigenvalue weighted by atomic mass is 16.5. The quantitative estimate of drug-likeness (QED) is 0.174. The van der Waals surface area contributed by atoms with E-state index >= 15 is 0 Å². The van der Waals surface area contributed by atoms with Crippen LogP contribution in [0.4, 0.5) is 0 Å². The van der Waals surface area contributed by atoms with Crippen LogP contribution in [0.15, 0.2) is 152 Å². The van der Waals surface area contributed by atoms with Crippen LogP contribution in [0.3, 0.4) is 0 Å². The minimum atomic E-state index is -0.321. The highest BCUT2D eigenvalue weighted by molar-refractivity contribution is 6.24. The zero-order chi connectivity index (χ0) is 33.8. The Morgan fingerprint density at radius 2 is 1.22 bits per heavy atom. The molecule has 2 aromatic heterocycles. The van der Waals surface area contributed by atoms with Crippen molar-refractivity contribution in [2.24, 2.45) is 0 Å². The van der Waals surface area contributed by atoms with Crippen LogP contribution in [0.1, 0.15) is 25.0 Å². The maximum Gasteiger partial charge on any atom is 0.235 e. The third kappa shape index (κ3) is 3.90. The fourth-order valence-corrected chi connectivity index (χ4v) is 8.67. The van der Waals surface area contributed by atoms with Gasteiger partial charge in [-0.05, 0) is 56.6 Å². The summed E-state index contributed by atoms with van der Waals surface area (Å²) in [5.74, 6) is 2.36. The summed E-state index contributed by atoms with van der Waals surface area (Å²) < 4.78 is 9.31. The summed E-state index contributed by atoms with van der Waals surface area (Å²) >= 11 is 0. The summed E-state index contributed by atoms with van der Waals surface area (Å²) in [6.07, 6.45) is 0. The molecule has 240 valence electrons. The summed E-state index contributed by atoms with van der Waals surface area (Å²) in [6.45, 7) is 4.63. The normalized spacial score (nSPS) is 13.6. The Kier molecular flexibility index (Phi) is 5.70. The van der Waals surface area contributed by atoms with Gasteiger partial charge in [0.05, 0.1) is 16.7 Å². The van der Waals surface area contributed by atoms with Crippen molar-refractivity contribution in [3.05, 3.63) is 163 Å². The Morgan fingerprint density at radius 3 is 2.08 bits per heavy atom. The molecule has 1 aliphatic heterocycles. The highest BCUT2D eigenvalue weighted by Gasteiger charge is 2.39. The van der Waals surface area contributed by atoms with Crippen LogP contribution < -0.4 is 4.74 Å². The lowest BCUT2D eigenvalue weighted by Crippen LogP contribution is -2.25. The number of hydrogen-bond donors (Lipinski definition) is 0. The van der Waals surface area contributed by atoms with Crippen molar-refractivity contribution in [2.75, 3.05) is 0 Å². The van der Waals surface area contributed by atoms with Crippen molar-refractivity contribution in [1.29, 1.82) is 0 Å². The molecule has 0 N–H and O–H groups in total. The van der Waals surface area contributed by atoms with Crippen molar-refractivity contribution in [2.45, 2.75) is 19.3 Å². The van der Waals surface area contributed by atoms with Crippen LogP contribution in [-0.4, -0.2) is 14.5 Å². The fourth-order valence-electron chi connectivity index (χ4n) is 8.67. The third-order valence-corrected chi connectivity index (χ3v) is 11.0. The van der Waals surface area contributed by atoms with E-state index in [0.29, 0.717) is 5.95 Å². The Hall–Kier alpha value is -6.52. The zero-order valence-electron chi connectivity index (χ0n) is 28.2. The predicted octanol–water partition coefficient (Wildman–Crippen LogP) is 12.3. The first-order valence-electron chi connectivity index (χ1n) is 17.5. The van der Waals surface area contributed by atoms with Gasteiger partial charge in [0.1, 0.15) is 11.3 Å². The van der Waals surface area contributed by atoms with Gasteiger partial charge in [-0.25, -0.2) is 9.97 Å². The van der Waals surface area contributed by atoms with Gasteiger partial charge < -0.3 is 4.74 Å². The average Bonchev–Trinajstić information content (AvgIpc) is 3.53. The molecule has 11 rings (SSSR count). The lowest BCUT2D eigenvalue weighted by atomic mass is 9.73. The molecule has 0 amide bonds. The van der Waals surface area contributed by atoms with E-state index in [-0.39, 0.29) is 5.41 Å². The van der Waals surface area contributed by atoms with Gasteiger partial charge in [0, 0.05) is 38.3 Å². The number of hydrogen-bond acceptors (Lipinski definition) is 3. The van der Waals surface area contributed by atoms with Crippen LogP contribution in [0, 0.1) is 0 Å². The first-order chi connectivity index (χ1) is 25.1. The molecule has 0 atom stereocenters. The Balaban J connectivity index is 1.32. The van der Waals surface area contributed by atoms with Gasteiger partial charge in [0.15, 0.2) is 5.75 Å². The van der Waals surface area contributed by atoms with Crippen LogP contribution in [0.5, 0.6) is 11.5 Å². The molecule has 0 saturated carbocycles. The second-order valence-electron chi connectivity index (χ2n) is 14.2. The number of para-hydroxylation sites is 2. The second-order valence-corrected chi connectivity index (χ2v) is 14.2. The van der Waals surface area contributed by atoms with Crippen molar-refractivity contribution in [3.8, 4) is 28.7 Å². The maximum atomic E-state index is 7.06. The monoisotopic (exact) mass is 653 g/mol. The van der Waals surface area contributed by atoms with E-state index in [9.17, 15) is 0 Å². The van der Waals surface area contributed by atoms with E-state index in [2.05, 4.69) is 170 Å². The van der Waals surface area contributed by atoms with Crippen molar-refractivity contribution >= 4 is 65.0 Å². The molecule has 0 saturated heterocycles. The molecule has 0 bridgehead atoms. The molecule has 51 heavy (non-hydrogen) atoms. The SMILES string of the molecule is CC1(C)c2ccccc2Oc2c1c1ccccc1c1c3ccccc3n(-c3nc(-c4ccc5ccccc5c4)c4c(ccc5ccccc54)n3)c21. The molecule has 0 aliphatic carbocycles. The van der Waals surface area contributed by atoms with Gasteiger partial charge in [0.2, 0.25) is 5.95 Å². The molecule has 10 aromatic rings. The predicted molar refractivity (Wildman–Crippen MR) is 210 cm³/mol. The Bertz CT molecular complexity index is 3100. The average molecular weight is 654 g/mol. The summed E-state index contributed by atoms with van der Waals surface area (Å²) in [4.78, 5) is 11.0. The molecule has 4 nitrogen and oxygen atoms in total. The molecule has 4 heteroatoms. The molecule has 0 spiro atoms. The summed E-state index contributed by atoms with van der Waals surface area (Å²) in [5.41, 5.74) is 6.91. The van der Waals surface area contributed by atoms with Crippen LogP contribution >= 0.6 is 0 Å². The first kappa shape index (κ1) is 28.3. The van der Waals surface area contributed by atoms with E-state index in [4.69, 9.17) is 14.7 Å². The van der Waals surface area contributed by atoms with Gasteiger partial charge in [-0.2, -0.15) is 0 Å². The van der Waals surface area contributed by atoms with Crippen LogP contribution in [0.25, 0.3) is 82.2 Å². The number of nitrogens with zero attached hydrogens (tertiary/aromatic N) is 3. The van der Waals surface area contributed by atoms with Gasteiger partial charge in [-0.3, -0.25) is 4.57 Å². The summed E-state index contributed by atoms with van der Waals surface area (Å²) in [5, 5.41) is 10.4. The third-order valence-electron chi connectivity index (χ3n) is 11.0. The minimum absolute atomic E-state index is 0.321. The lowest BCUT2D eigenvalue weighted by Gasteiger charge is -2.36. The van der Waals surface area contributed by atoms with E-state index in [1.807, 2.05) is 0 Å².